The van der Waals surface area contributed by atoms with Crippen molar-refractivity contribution < 1.29 is 9.53 Å². The monoisotopic (exact) mass is 460 g/mol. The van der Waals surface area contributed by atoms with E-state index in [4.69, 9.17) is 4.74 Å². The number of nitrogens with one attached hydrogen (secondary N) is 3. The molecule has 0 fully saturated rings. The molecule has 0 radical (unpaired) electrons. The number of benzene rings is 1. The van der Waals surface area contributed by atoms with Crippen molar-refractivity contribution >= 4 is 17.5 Å². The van der Waals surface area contributed by atoms with Crippen LogP contribution in [-0.4, -0.2) is 48.1 Å². The molecule has 8 nitrogen and oxygen atoms in total. The summed E-state index contributed by atoms with van der Waals surface area (Å²) < 4.78 is 5.57. The molecule has 0 saturated carbocycles. The van der Waals surface area contributed by atoms with Crippen LogP contribution < -0.4 is 20.7 Å². The molecule has 3 aromatic rings. The zero-order valence-electron chi connectivity index (χ0n) is 20.1. The Bertz CT molecular complexity index is 1120. The molecule has 2 atom stereocenters. The van der Waals surface area contributed by atoms with Crippen molar-refractivity contribution in [1.82, 2.24) is 20.3 Å². The van der Waals surface area contributed by atoms with Gasteiger partial charge in [0.05, 0.1) is 12.8 Å². The summed E-state index contributed by atoms with van der Waals surface area (Å²) in [5.41, 5.74) is 3.35. The fourth-order valence-corrected chi connectivity index (χ4v) is 3.56. The minimum Gasteiger partial charge on any atom is -0.496 e. The summed E-state index contributed by atoms with van der Waals surface area (Å²) in [6.45, 7) is 9.39. The summed E-state index contributed by atoms with van der Waals surface area (Å²) in [6.07, 6.45) is 5.13. The molecule has 0 aliphatic heterocycles. The third-order valence-corrected chi connectivity index (χ3v) is 5.83. The first-order valence-corrected chi connectivity index (χ1v) is 11.2. The zero-order valence-corrected chi connectivity index (χ0v) is 20.1. The molecule has 1 aromatic carbocycles. The number of anilines is 2. The molecular formula is C26H32N6O2. The molecule has 1 unspecified atom stereocenters. The number of hydrogen-bond donors (Lipinski definition) is 3. The molecule has 2 aromatic heterocycles. The molecule has 0 aliphatic rings. The molecule has 178 valence electrons. The first kappa shape index (κ1) is 24.7. The highest BCUT2D eigenvalue weighted by Gasteiger charge is 2.20. The molecule has 2 heterocycles. The lowest BCUT2D eigenvalue weighted by Crippen LogP contribution is -2.20. The third kappa shape index (κ3) is 6.10. The largest absolute Gasteiger partial charge is 0.496 e. The van der Waals surface area contributed by atoms with Gasteiger partial charge in [0, 0.05) is 43.5 Å². The van der Waals surface area contributed by atoms with E-state index in [0.717, 1.165) is 28.5 Å². The fraction of sp³-hybridized carbons (Fsp3) is 0.308. The van der Waals surface area contributed by atoms with E-state index < -0.39 is 0 Å². The molecule has 0 spiro atoms. The summed E-state index contributed by atoms with van der Waals surface area (Å²) >= 11 is 0. The predicted octanol–water partition coefficient (Wildman–Crippen LogP) is 4.36. The van der Waals surface area contributed by atoms with Gasteiger partial charge in [0.1, 0.15) is 23.7 Å². The van der Waals surface area contributed by atoms with Crippen molar-refractivity contribution in [2.24, 2.45) is 5.92 Å². The maximum Gasteiger partial charge on any atom is 0.251 e. The van der Waals surface area contributed by atoms with E-state index in [1.54, 1.807) is 38.8 Å². The van der Waals surface area contributed by atoms with Crippen LogP contribution in [0.2, 0.25) is 0 Å². The molecule has 0 saturated heterocycles. The molecule has 0 bridgehead atoms. The van der Waals surface area contributed by atoms with Crippen LogP contribution in [0.15, 0.2) is 61.6 Å². The number of amides is 1. The number of carbonyl (C=O) groups excluding carboxylic acids is 1. The molecular weight excluding hydrogens is 428 g/mol. The Balaban J connectivity index is 1.66. The van der Waals surface area contributed by atoms with Gasteiger partial charge in [0.25, 0.3) is 5.91 Å². The van der Waals surface area contributed by atoms with Crippen LogP contribution in [0.4, 0.5) is 11.6 Å². The lowest BCUT2D eigenvalue weighted by atomic mass is 9.87. The Kier molecular flexibility index (Phi) is 8.56. The standard InChI is InChI=1S/C26H32N6O2/c1-6-11-28-24-10-8-20(15-30-24)22-13-25(32-16-31-22)29-14-17(2)18(3)21-9-7-19(26(33)27-4)12-23(21)34-5/h6-10,12-13,15-18H,1,11,14H2,2-5H3,(H,27,33)(H,28,30)(H,29,31,32)/t17-,18?/m1/s1. The molecule has 3 rings (SSSR count). The van der Waals surface area contributed by atoms with E-state index in [1.807, 2.05) is 30.3 Å². The van der Waals surface area contributed by atoms with Gasteiger partial charge in [-0.1, -0.05) is 26.0 Å². The molecule has 8 heteroatoms. The summed E-state index contributed by atoms with van der Waals surface area (Å²) in [5.74, 6) is 2.59. The molecule has 1 amide bonds. The molecule has 34 heavy (non-hydrogen) atoms. The minimum absolute atomic E-state index is 0.135. The van der Waals surface area contributed by atoms with Crippen LogP contribution in [-0.2, 0) is 0 Å². The number of carbonyl (C=O) groups is 1. The number of pyridine rings is 1. The van der Waals surface area contributed by atoms with E-state index in [9.17, 15) is 4.79 Å². The number of ether oxygens (including phenoxy) is 1. The van der Waals surface area contributed by atoms with Gasteiger partial charge in [-0.05, 0) is 41.7 Å². The van der Waals surface area contributed by atoms with Gasteiger partial charge in [0.15, 0.2) is 0 Å². The van der Waals surface area contributed by atoms with Gasteiger partial charge in [-0.3, -0.25) is 4.79 Å². The lowest BCUT2D eigenvalue weighted by molar-refractivity contribution is 0.0962. The first-order valence-electron chi connectivity index (χ1n) is 11.2. The normalized spacial score (nSPS) is 12.4. The second-order valence-corrected chi connectivity index (χ2v) is 8.07. The number of hydrogen-bond acceptors (Lipinski definition) is 7. The van der Waals surface area contributed by atoms with Crippen LogP contribution >= 0.6 is 0 Å². The van der Waals surface area contributed by atoms with Gasteiger partial charge in [0.2, 0.25) is 0 Å². The van der Waals surface area contributed by atoms with Gasteiger partial charge in [-0.25, -0.2) is 15.0 Å². The number of aromatic nitrogens is 3. The van der Waals surface area contributed by atoms with E-state index in [1.165, 1.54) is 0 Å². The highest BCUT2D eigenvalue weighted by atomic mass is 16.5. The topological polar surface area (TPSA) is 101 Å². The fourth-order valence-electron chi connectivity index (χ4n) is 3.56. The maximum absolute atomic E-state index is 11.9. The average molecular weight is 461 g/mol. The van der Waals surface area contributed by atoms with Crippen molar-refractivity contribution in [3.63, 3.8) is 0 Å². The van der Waals surface area contributed by atoms with E-state index in [0.29, 0.717) is 24.4 Å². The molecule has 0 aliphatic carbocycles. The summed E-state index contributed by atoms with van der Waals surface area (Å²) in [5, 5.41) is 9.22. The molecule has 3 N–H and O–H groups in total. The smallest absolute Gasteiger partial charge is 0.251 e. The first-order chi connectivity index (χ1) is 16.5. The van der Waals surface area contributed by atoms with E-state index in [2.05, 4.69) is 51.3 Å². The Labute approximate surface area is 200 Å². The van der Waals surface area contributed by atoms with Crippen LogP contribution in [0.1, 0.15) is 35.7 Å². The SMILES string of the molecule is C=CCNc1ccc(-c2cc(NC[C@@H](C)C(C)c3ccc(C(=O)NC)cc3OC)ncn2)cn1. The summed E-state index contributed by atoms with van der Waals surface area (Å²) in [7, 11) is 3.24. The van der Waals surface area contributed by atoms with Crippen molar-refractivity contribution in [2.75, 3.05) is 37.9 Å². The average Bonchev–Trinajstić information content (AvgIpc) is 2.89. The van der Waals surface area contributed by atoms with Crippen LogP contribution in [0, 0.1) is 5.92 Å². The van der Waals surface area contributed by atoms with E-state index >= 15 is 0 Å². The summed E-state index contributed by atoms with van der Waals surface area (Å²) in [4.78, 5) is 25.1. The Hall–Kier alpha value is -3.94. The van der Waals surface area contributed by atoms with Gasteiger partial charge >= 0.3 is 0 Å². The number of rotatable bonds is 11. The van der Waals surface area contributed by atoms with Crippen LogP contribution in [0.25, 0.3) is 11.3 Å². The lowest BCUT2D eigenvalue weighted by Gasteiger charge is -2.23. The van der Waals surface area contributed by atoms with Gasteiger partial charge in [-0.15, -0.1) is 6.58 Å². The Morgan fingerprint density at radius 3 is 2.59 bits per heavy atom. The van der Waals surface area contributed by atoms with Gasteiger partial charge < -0.3 is 20.7 Å². The van der Waals surface area contributed by atoms with E-state index in [-0.39, 0.29) is 17.7 Å². The van der Waals surface area contributed by atoms with Crippen molar-refractivity contribution in [2.45, 2.75) is 19.8 Å². The minimum atomic E-state index is -0.135. The van der Waals surface area contributed by atoms with Crippen LogP contribution in [0.5, 0.6) is 5.75 Å². The summed E-state index contributed by atoms with van der Waals surface area (Å²) in [6, 6.07) is 11.4. The maximum atomic E-state index is 11.9. The van der Waals surface area contributed by atoms with Crippen molar-refractivity contribution in [1.29, 1.82) is 0 Å². The quantitative estimate of drug-likeness (QED) is 0.366. The number of nitrogens with zero attached hydrogens (tertiary/aromatic N) is 3. The van der Waals surface area contributed by atoms with Crippen molar-refractivity contribution in [3.05, 3.63) is 72.7 Å². The predicted molar refractivity (Wildman–Crippen MR) is 136 cm³/mol. The Morgan fingerprint density at radius 1 is 1.09 bits per heavy atom. The Morgan fingerprint density at radius 2 is 1.91 bits per heavy atom. The second-order valence-electron chi connectivity index (χ2n) is 8.07. The van der Waals surface area contributed by atoms with Crippen molar-refractivity contribution in [3.8, 4) is 17.0 Å². The second kappa shape index (κ2) is 11.8. The van der Waals surface area contributed by atoms with Gasteiger partial charge in [-0.2, -0.15) is 0 Å². The highest BCUT2D eigenvalue weighted by molar-refractivity contribution is 5.94. The number of methoxy groups -OCH3 is 1. The highest BCUT2D eigenvalue weighted by Crippen LogP contribution is 2.33. The van der Waals surface area contributed by atoms with Crippen LogP contribution in [0.3, 0.4) is 0 Å². The zero-order chi connectivity index (χ0) is 24.5. The third-order valence-electron chi connectivity index (χ3n) is 5.83.